The number of anilines is 3. The van der Waals surface area contributed by atoms with Gasteiger partial charge in [-0.3, -0.25) is 0 Å². The van der Waals surface area contributed by atoms with E-state index in [2.05, 4.69) is 57.2 Å². The molecule has 2 amide bonds. The van der Waals surface area contributed by atoms with Crippen LogP contribution in [0, 0.1) is 35.2 Å². The van der Waals surface area contributed by atoms with E-state index < -0.39 is 11.2 Å². The Morgan fingerprint density at radius 3 is 1.28 bits per heavy atom. The molecular weight excluding hydrogens is 917 g/mol. The topological polar surface area (TPSA) is 112 Å². The summed E-state index contributed by atoms with van der Waals surface area (Å²) in [6, 6.07) is 16.3. The highest BCUT2D eigenvalue weighted by Gasteiger charge is 2.25. The molecule has 6 rings (SSSR count). The van der Waals surface area contributed by atoms with Crippen molar-refractivity contribution in [1.29, 1.82) is 0 Å². The van der Waals surface area contributed by atoms with Gasteiger partial charge in [0.05, 0.1) is 11.4 Å². The fraction of sp³-hybridized carbons (Fsp3) is 0.565. The van der Waals surface area contributed by atoms with Crippen LogP contribution >= 0.6 is 31.9 Å². The normalized spacial score (nSPS) is 16.8. The van der Waals surface area contributed by atoms with E-state index >= 15 is 0 Å². The van der Waals surface area contributed by atoms with Crippen molar-refractivity contribution in [2.75, 3.05) is 73.6 Å². The van der Waals surface area contributed by atoms with Crippen LogP contribution in [0.5, 0.6) is 0 Å². The molecule has 0 radical (unpaired) electrons. The van der Waals surface area contributed by atoms with Crippen molar-refractivity contribution in [2.45, 2.75) is 91.3 Å². The lowest BCUT2D eigenvalue weighted by atomic mass is 9.96. The monoisotopic (exact) mass is 980 g/mol. The number of halogens is 5. The van der Waals surface area contributed by atoms with Crippen LogP contribution in [0.1, 0.15) is 80.1 Å². The van der Waals surface area contributed by atoms with Gasteiger partial charge in [0.15, 0.2) is 0 Å². The lowest BCUT2D eigenvalue weighted by Gasteiger charge is -2.34. The van der Waals surface area contributed by atoms with Gasteiger partial charge in [-0.1, -0.05) is 0 Å². The number of carbonyl (C=O) groups is 2. The van der Waals surface area contributed by atoms with E-state index in [-0.39, 0.29) is 29.6 Å². The van der Waals surface area contributed by atoms with Crippen molar-refractivity contribution in [1.82, 2.24) is 10.6 Å². The molecule has 0 saturated carbocycles. The minimum atomic E-state index is -0.470. The van der Waals surface area contributed by atoms with Crippen LogP contribution in [-0.4, -0.2) is 82.3 Å². The first-order valence-corrected chi connectivity index (χ1v) is 22.9. The van der Waals surface area contributed by atoms with Crippen LogP contribution in [0.4, 0.5) is 39.8 Å². The van der Waals surface area contributed by atoms with E-state index in [1.54, 1.807) is 6.07 Å². The molecular formula is C46H65Br2F3N6O4. The van der Waals surface area contributed by atoms with Gasteiger partial charge in [-0.15, -0.1) is 0 Å². The molecule has 3 saturated heterocycles. The van der Waals surface area contributed by atoms with E-state index in [0.29, 0.717) is 30.8 Å². The molecule has 3 heterocycles. The molecule has 338 valence electrons. The van der Waals surface area contributed by atoms with Gasteiger partial charge in [0.1, 0.15) is 28.7 Å². The quantitative estimate of drug-likeness (QED) is 0.205. The Balaban J connectivity index is 0.000000205. The SMILES string of the molecule is CC(C)(C)OC(=O)NCC1CCN(c2ccc(F)cc2)CC1.CC(C)(C)OC(=O)NCC1CCN(c2ccc(F)cc2Br)CC1.NCC1CCN(c2ccc(F)cc2Br)CC1. The number of carbonyl (C=O) groups excluding carboxylic acids is 2. The molecule has 10 nitrogen and oxygen atoms in total. The molecule has 3 aromatic rings. The molecule has 3 aromatic carbocycles. The van der Waals surface area contributed by atoms with Gasteiger partial charge in [-0.25, -0.2) is 22.8 Å². The summed E-state index contributed by atoms with van der Waals surface area (Å²) in [6.45, 7) is 18.8. The summed E-state index contributed by atoms with van der Waals surface area (Å²) in [7, 11) is 0. The Kier molecular flexibility index (Phi) is 19.4. The molecule has 4 N–H and O–H groups in total. The Labute approximate surface area is 377 Å². The van der Waals surface area contributed by atoms with Crippen molar-refractivity contribution in [2.24, 2.45) is 23.5 Å². The molecule has 0 spiro atoms. The van der Waals surface area contributed by atoms with Crippen molar-refractivity contribution < 1.29 is 32.2 Å². The molecule has 3 aliphatic heterocycles. The average molecular weight is 983 g/mol. The molecule has 0 bridgehead atoms. The smallest absolute Gasteiger partial charge is 0.407 e. The molecule has 0 aromatic heterocycles. The highest BCUT2D eigenvalue weighted by molar-refractivity contribution is 9.11. The molecule has 3 aliphatic rings. The number of rotatable bonds is 8. The largest absolute Gasteiger partial charge is 0.444 e. The summed E-state index contributed by atoms with van der Waals surface area (Å²) in [5, 5.41) is 5.69. The third-order valence-electron chi connectivity index (χ3n) is 10.7. The molecule has 0 atom stereocenters. The van der Waals surface area contributed by atoms with Crippen molar-refractivity contribution in [3.8, 4) is 0 Å². The fourth-order valence-corrected chi connectivity index (χ4v) is 8.60. The van der Waals surface area contributed by atoms with Crippen LogP contribution in [0.15, 0.2) is 69.6 Å². The van der Waals surface area contributed by atoms with E-state index in [1.807, 2.05) is 59.7 Å². The summed E-state index contributed by atoms with van der Waals surface area (Å²) in [4.78, 5) is 30.1. The molecule has 61 heavy (non-hydrogen) atoms. The number of nitrogens with one attached hydrogen (secondary N) is 2. The van der Waals surface area contributed by atoms with Crippen LogP contribution in [0.2, 0.25) is 0 Å². The fourth-order valence-electron chi connectivity index (χ4n) is 7.39. The number of benzene rings is 3. The highest BCUT2D eigenvalue weighted by atomic mass is 79.9. The van der Waals surface area contributed by atoms with Crippen LogP contribution in [-0.2, 0) is 9.47 Å². The maximum atomic E-state index is 13.2. The average Bonchev–Trinajstić information content (AvgIpc) is 3.19. The number of alkyl carbamates (subject to hydrolysis) is 2. The van der Waals surface area contributed by atoms with Gasteiger partial charge in [-0.05, 0) is 197 Å². The second kappa shape index (κ2) is 23.7. The number of hydrogen-bond donors (Lipinski definition) is 3. The first-order valence-electron chi connectivity index (χ1n) is 21.3. The summed E-state index contributed by atoms with van der Waals surface area (Å²) in [6.07, 6.45) is 5.52. The number of ether oxygens (including phenoxy) is 2. The number of nitrogens with zero attached hydrogens (tertiary/aromatic N) is 3. The maximum absolute atomic E-state index is 13.2. The van der Waals surface area contributed by atoms with Crippen LogP contribution in [0.25, 0.3) is 0 Å². The van der Waals surface area contributed by atoms with Crippen molar-refractivity contribution in [3.05, 3.63) is 87.1 Å². The van der Waals surface area contributed by atoms with Crippen LogP contribution in [0.3, 0.4) is 0 Å². The Hall–Kier alpha value is -3.69. The number of piperidine rings is 3. The van der Waals surface area contributed by atoms with Gasteiger partial charge >= 0.3 is 12.2 Å². The van der Waals surface area contributed by atoms with E-state index in [1.165, 1.54) is 36.4 Å². The van der Waals surface area contributed by atoms with Gasteiger partial charge in [0.25, 0.3) is 0 Å². The van der Waals surface area contributed by atoms with E-state index in [4.69, 9.17) is 15.2 Å². The van der Waals surface area contributed by atoms with E-state index in [0.717, 1.165) is 110 Å². The standard InChI is InChI=1S/C17H24BrFN2O2.C17H25FN2O2.C12H16BrFN2/c1-17(2,3)23-16(22)20-11-12-6-8-21(9-7-12)15-5-4-13(19)10-14(15)18;1-17(2,3)22-16(21)19-12-13-8-10-20(11-9-13)15-6-4-14(18)5-7-15;13-11-7-10(14)1-2-12(11)16-5-3-9(8-15)4-6-16/h4-5,10,12H,6-9,11H2,1-3H3,(H,20,22);4-7,13H,8-12H2,1-3H3,(H,19,21);1-2,7,9H,3-6,8,15H2. The lowest BCUT2D eigenvalue weighted by Crippen LogP contribution is -2.40. The summed E-state index contributed by atoms with van der Waals surface area (Å²) < 4.78 is 51.2. The van der Waals surface area contributed by atoms with Gasteiger partial charge in [0.2, 0.25) is 0 Å². The summed E-state index contributed by atoms with van der Waals surface area (Å²) >= 11 is 6.83. The summed E-state index contributed by atoms with van der Waals surface area (Å²) in [5.74, 6) is 0.905. The number of amides is 2. The molecule has 0 unspecified atom stereocenters. The third-order valence-corrected chi connectivity index (χ3v) is 12.0. The molecule has 3 fully saturated rings. The minimum absolute atomic E-state index is 0.201. The number of hydrogen-bond acceptors (Lipinski definition) is 8. The van der Waals surface area contributed by atoms with Gasteiger partial charge in [0, 0.05) is 67.0 Å². The first kappa shape index (κ1) is 50.0. The first-order chi connectivity index (χ1) is 28.8. The number of nitrogens with two attached hydrogens (primary N) is 1. The van der Waals surface area contributed by atoms with Crippen molar-refractivity contribution >= 4 is 61.1 Å². The van der Waals surface area contributed by atoms with Crippen LogP contribution < -0.4 is 31.1 Å². The third kappa shape index (κ3) is 17.9. The van der Waals surface area contributed by atoms with Gasteiger partial charge in [-0.2, -0.15) is 0 Å². The zero-order valence-electron chi connectivity index (χ0n) is 36.6. The molecule has 15 heteroatoms. The highest BCUT2D eigenvalue weighted by Crippen LogP contribution is 2.32. The minimum Gasteiger partial charge on any atom is -0.444 e. The zero-order valence-corrected chi connectivity index (χ0v) is 39.7. The second-order valence-corrected chi connectivity index (χ2v) is 19.7. The summed E-state index contributed by atoms with van der Waals surface area (Å²) in [5.41, 5.74) is 7.88. The Morgan fingerprint density at radius 2 is 0.934 bits per heavy atom. The van der Waals surface area contributed by atoms with E-state index in [9.17, 15) is 22.8 Å². The lowest BCUT2D eigenvalue weighted by molar-refractivity contribution is 0.0505. The predicted molar refractivity (Wildman–Crippen MR) is 247 cm³/mol. The maximum Gasteiger partial charge on any atom is 0.407 e. The van der Waals surface area contributed by atoms with Gasteiger partial charge < -0.3 is 40.5 Å². The predicted octanol–water partition coefficient (Wildman–Crippen LogP) is 10.7. The zero-order chi connectivity index (χ0) is 44.7. The molecule has 0 aliphatic carbocycles. The Bertz CT molecular complexity index is 1820. The Morgan fingerprint density at radius 1 is 0.590 bits per heavy atom. The second-order valence-electron chi connectivity index (χ2n) is 18.0. The van der Waals surface area contributed by atoms with Crippen molar-refractivity contribution in [3.63, 3.8) is 0 Å².